The summed E-state index contributed by atoms with van der Waals surface area (Å²) in [5.41, 5.74) is 0. The van der Waals surface area contributed by atoms with Gasteiger partial charge in [-0.05, 0) is 12.8 Å². The maximum atomic E-state index is 5.69. The molecule has 0 aromatic heterocycles. The molecule has 2 nitrogen and oxygen atoms in total. The number of nitrogens with zero attached hydrogens (tertiary/aromatic N) is 1. The Balaban J connectivity index is 2.46. The normalized spacial score (nSPS) is 27.5. The van der Waals surface area contributed by atoms with Crippen LogP contribution in [0.4, 0.5) is 0 Å². The Morgan fingerprint density at radius 3 is 2.69 bits per heavy atom. The molecule has 2 atom stereocenters. The average molecular weight is 183 g/mol. The van der Waals surface area contributed by atoms with Gasteiger partial charge in [0.05, 0.1) is 12.7 Å². The molecule has 1 aliphatic heterocycles. The molecule has 1 fully saturated rings. The molecule has 1 rings (SSSR count). The van der Waals surface area contributed by atoms with Gasteiger partial charge in [-0.2, -0.15) is 0 Å². The highest BCUT2D eigenvalue weighted by atomic mass is 16.5. The molecule has 0 spiro atoms. The van der Waals surface area contributed by atoms with E-state index >= 15 is 0 Å². The number of rotatable bonds is 3. The molecule has 0 saturated carbocycles. The van der Waals surface area contributed by atoms with Crippen molar-refractivity contribution in [2.45, 2.75) is 32.9 Å². The second-order valence-corrected chi connectivity index (χ2v) is 4.12. The minimum absolute atomic E-state index is 0.399. The fourth-order valence-corrected chi connectivity index (χ4v) is 1.62. The van der Waals surface area contributed by atoms with Gasteiger partial charge in [0.15, 0.2) is 0 Å². The highest BCUT2D eigenvalue weighted by Crippen LogP contribution is 2.15. The van der Waals surface area contributed by atoms with Gasteiger partial charge in [0, 0.05) is 19.1 Å². The molecule has 1 heterocycles. The van der Waals surface area contributed by atoms with Crippen molar-refractivity contribution in [3.05, 3.63) is 12.7 Å². The van der Waals surface area contributed by atoms with Crippen LogP contribution in [0.2, 0.25) is 0 Å². The fourth-order valence-electron chi connectivity index (χ4n) is 1.62. The summed E-state index contributed by atoms with van der Waals surface area (Å²) in [4.78, 5) is 2.43. The first-order chi connectivity index (χ1) is 6.15. The summed E-state index contributed by atoms with van der Waals surface area (Å²) in [5.74, 6) is 0.611. The molecular formula is C11H21NO. The van der Waals surface area contributed by atoms with Crippen LogP contribution in [-0.2, 0) is 4.74 Å². The van der Waals surface area contributed by atoms with Gasteiger partial charge in [-0.3, -0.25) is 4.90 Å². The largest absolute Gasteiger partial charge is 0.375 e. The summed E-state index contributed by atoms with van der Waals surface area (Å²) in [7, 11) is 0. The zero-order valence-electron chi connectivity index (χ0n) is 8.99. The Morgan fingerprint density at radius 1 is 1.46 bits per heavy atom. The quantitative estimate of drug-likeness (QED) is 0.620. The molecule has 0 aromatic carbocycles. The van der Waals surface area contributed by atoms with Crippen LogP contribution in [0.25, 0.3) is 0 Å². The minimum Gasteiger partial charge on any atom is -0.375 e. The molecule has 0 N–H and O–H groups in total. The highest BCUT2D eigenvalue weighted by Gasteiger charge is 2.24. The van der Waals surface area contributed by atoms with E-state index in [0.29, 0.717) is 18.1 Å². The zero-order chi connectivity index (χ0) is 9.84. The molecule has 2 heteroatoms. The van der Waals surface area contributed by atoms with Crippen molar-refractivity contribution < 1.29 is 4.74 Å². The third kappa shape index (κ3) is 2.82. The van der Waals surface area contributed by atoms with E-state index in [2.05, 4.69) is 32.3 Å². The predicted octanol–water partition coefficient (Wildman–Crippen LogP) is 1.92. The number of hydrogen-bond donors (Lipinski definition) is 0. The van der Waals surface area contributed by atoms with E-state index in [1.807, 2.05) is 6.08 Å². The molecule has 13 heavy (non-hydrogen) atoms. The summed E-state index contributed by atoms with van der Waals surface area (Å²) < 4.78 is 5.69. The summed E-state index contributed by atoms with van der Waals surface area (Å²) in [6, 6.07) is 0.477. The predicted molar refractivity (Wildman–Crippen MR) is 55.8 cm³/mol. The van der Waals surface area contributed by atoms with Gasteiger partial charge in [-0.25, -0.2) is 0 Å². The molecule has 0 radical (unpaired) electrons. The lowest BCUT2D eigenvalue weighted by atomic mass is 10.0. The molecule has 0 bridgehead atoms. The molecular weight excluding hydrogens is 162 g/mol. The molecule has 76 valence electrons. The van der Waals surface area contributed by atoms with Crippen molar-refractivity contribution in [2.75, 3.05) is 19.7 Å². The third-order valence-electron chi connectivity index (χ3n) is 2.79. The van der Waals surface area contributed by atoms with E-state index in [1.54, 1.807) is 0 Å². The lowest BCUT2D eigenvalue weighted by Crippen LogP contribution is -2.47. The van der Waals surface area contributed by atoms with Crippen molar-refractivity contribution >= 4 is 0 Å². The van der Waals surface area contributed by atoms with Crippen molar-refractivity contribution in [1.82, 2.24) is 4.90 Å². The zero-order valence-corrected chi connectivity index (χ0v) is 8.99. The SMILES string of the molecule is C=CC(C)N1CCOC(C(C)C)C1. The van der Waals surface area contributed by atoms with Crippen molar-refractivity contribution in [3.8, 4) is 0 Å². The van der Waals surface area contributed by atoms with Gasteiger partial charge >= 0.3 is 0 Å². The van der Waals surface area contributed by atoms with Crippen LogP contribution in [0.1, 0.15) is 20.8 Å². The standard InChI is InChI=1S/C11H21NO/c1-5-10(4)12-6-7-13-11(8-12)9(2)3/h5,9-11H,1,6-8H2,2-4H3. The Bertz CT molecular complexity index is 167. The molecule has 1 aliphatic rings. The van der Waals surface area contributed by atoms with Crippen LogP contribution in [0.5, 0.6) is 0 Å². The Morgan fingerprint density at radius 2 is 2.15 bits per heavy atom. The minimum atomic E-state index is 0.399. The van der Waals surface area contributed by atoms with E-state index in [9.17, 15) is 0 Å². The smallest absolute Gasteiger partial charge is 0.0725 e. The van der Waals surface area contributed by atoms with Crippen molar-refractivity contribution in [2.24, 2.45) is 5.92 Å². The van der Waals surface area contributed by atoms with Crippen LogP contribution < -0.4 is 0 Å². The highest BCUT2D eigenvalue weighted by molar-refractivity contribution is 4.87. The molecule has 0 aromatic rings. The summed E-state index contributed by atoms with van der Waals surface area (Å²) in [5, 5.41) is 0. The molecule has 0 aliphatic carbocycles. The number of morpholine rings is 1. The topological polar surface area (TPSA) is 12.5 Å². The van der Waals surface area contributed by atoms with Crippen LogP contribution in [0.3, 0.4) is 0 Å². The maximum absolute atomic E-state index is 5.69. The van der Waals surface area contributed by atoms with E-state index in [0.717, 1.165) is 19.7 Å². The monoisotopic (exact) mass is 183 g/mol. The van der Waals surface area contributed by atoms with Crippen LogP contribution >= 0.6 is 0 Å². The third-order valence-corrected chi connectivity index (χ3v) is 2.79. The summed E-state index contributed by atoms with van der Waals surface area (Å²) in [6.07, 6.45) is 2.40. The average Bonchev–Trinajstić information content (AvgIpc) is 2.17. The van der Waals surface area contributed by atoms with Crippen molar-refractivity contribution in [1.29, 1.82) is 0 Å². The number of hydrogen-bond acceptors (Lipinski definition) is 2. The lowest BCUT2D eigenvalue weighted by molar-refractivity contribution is -0.0561. The van der Waals surface area contributed by atoms with Gasteiger partial charge < -0.3 is 4.74 Å². The first-order valence-corrected chi connectivity index (χ1v) is 5.13. The van der Waals surface area contributed by atoms with Crippen LogP contribution in [0, 0.1) is 5.92 Å². The fraction of sp³-hybridized carbons (Fsp3) is 0.818. The lowest BCUT2D eigenvalue weighted by Gasteiger charge is -2.37. The van der Waals surface area contributed by atoms with E-state index in [-0.39, 0.29) is 0 Å². The van der Waals surface area contributed by atoms with Gasteiger partial charge in [0.1, 0.15) is 0 Å². The van der Waals surface area contributed by atoms with E-state index in [1.165, 1.54) is 0 Å². The first-order valence-electron chi connectivity index (χ1n) is 5.13. The number of ether oxygens (including phenoxy) is 1. The Hall–Kier alpha value is -0.340. The van der Waals surface area contributed by atoms with E-state index < -0.39 is 0 Å². The van der Waals surface area contributed by atoms with Gasteiger partial charge in [-0.1, -0.05) is 19.9 Å². The first kappa shape index (κ1) is 10.7. The van der Waals surface area contributed by atoms with Gasteiger partial charge in [0.25, 0.3) is 0 Å². The Labute approximate surface area is 81.6 Å². The molecule has 2 unspecified atom stereocenters. The molecule has 1 saturated heterocycles. The van der Waals surface area contributed by atoms with E-state index in [4.69, 9.17) is 4.74 Å². The Kier molecular flexibility index (Phi) is 3.94. The summed E-state index contributed by atoms with van der Waals surface area (Å²) >= 11 is 0. The molecule has 0 amide bonds. The van der Waals surface area contributed by atoms with Crippen molar-refractivity contribution in [3.63, 3.8) is 0 Å². The summed E-state index contributed by atoms with van der Waals surface area (Å²) in [6.45, 7) is 13.4. The second kappa shape index (κ2) is 4.77. The van der Waals surface area contributed by atoms with Crippen LogP contribution in [-0.4, -0.2) is 36.7 Å². The maximum Gasteiger partial charge on any atom is 0.0725 e. The second-order valence-electron chi connectivity index (χ2n) is 4.12. The van der Waals surface area contributed by atoms with Gasteiger partial charge in [-0.15, -0.1) is 6.58 Å². The van der Waals surface area contributed by atoms with Gasteiger partial charge in [0.2, 0.25) is 0 Å². The van der Waals surface area contributed by atoms with Crippen LogP contribution in [0.15, 0.2) is 12.7 Å².